The summed E-state index contributed by atoms with van der Waals surface area (Å²) in [6.07, 6.45) is 17.0. The fraction of sp³-hybridized carbons (Fsp3) is 0.811. The number of hydrogen-bond acceptors (Lipinski definition) is 1. The van der Waals surface area contributed by atoms with Crippen LogP contribution in [-0.2, 0) is 0 Å². The lowest BCUT2D eigenvalue weighted by molar-refractivity contribution is -0.203. The molecule has 218 valence electrons. The number of carbonyl (C=O) groups excluding carboxylic acids is 1. The third-order valence-corrected chi connectivity index (χ3v) is 13.9. The smallest absolute Gasteiger partial charge is 0.251 e. The fourth-order valence-electron chi connectivity index (χ4n) is 11.6. The maximum atomic E-state index is 12.4. The van der Waals surface area contributed by atoms with Gasteiger partial charge < -0.3 is 5.32 Å². The number of fused-ring (bicyclic) bond motifs is 5. The van der Waals surface area contributed by atoms with Gasteiger partial charge in [0, 0.05) is 12.1 Å². The molecule has 4 saturated carbocycles. The molecular weight excluding hydrogens is 474 g/mol. The van der Waals surface area contributed by atoms with Crippen LogP contribution in [0.2, 0.25) is 0 Å². The average molecular weight is 534 g/mol. The zero-order chi connectivity index (χ0) is 28.1. The Morgan fingerprint density at radius 3 is 2.31 bits per heavy atom. The van der Waals surface area contributed by atoms with Gasteiger partial charge in [-0.25, -0.2) is 0 Å². The summed E-state index contributed by atoms with van der Waals surface area (Å²) in [4.78, 5) is 12.4. The molecule has 0 spiro atoms. The Morgan fingerprint density at radius 1 is 0.846 bits per heavy atom. The van der Waals surface area contributed by atoms with Crippen molar-refractivity contribution in [3.63, 3.8) is 0 Å². The standard InChI is InChI=1S/C37H59NO/c1-26(25-38-33(39)28-15-9-8-10-16-28)13-11-14-27(2)29-19-23-36(6)30(29)17-18-32-35(5)22-12-21-34(3,4)31(35)20-24-37(32,36)7/h8-10,15-16,26-27,29-32H,11-14,17-25H2,1-7H3,(H,38,39)/t26?,27-,29-,30-,31+,32-,35+,36-,37-/m1/s1. The minimum atomic E-state index is 0.0600. The van der Waals surface area contributed by atoms with Gasteiger partial charge in [0.15, 0.2) is 0 Å². The van der Waals surface area contributed by atoms with Crippen molar-refractivity contribution in [2.24, 2.45) is 57.2 Å². The zero-order valence-electron chi connectivity index (χ0n) is 26.5. The molecule has 0 bridgehead atoms. The molecule has 5 rings (SSSR count). The molecule has 39 heavy (non-hydrogen) atoms. The first-order valence-electron chi connectivity index (χ1n) is 16.8. The molecule has 0 aliphatic heterocycles. The molecule has 0 heterocycles. The van der Waals surface area contributed by atoms with Crippen LogP contribution in [0.4, 0.5) is 0 Å². The molecule has 1 N–H and O–H groups in total. The summed E-state index contributed by atoms with van der Waals surface area (Å²) < 4.78 is 0. The number of benzene rings is 1. The zero-order valence-corrected chi connectivity index (χ0v) is 26.5. The van der Waals surface area contributed by atoms with Crippen molar-refractivity contribution in [1.29, 1.82) is 0 Å². The summed E-state index contributed by atoms with van der Waals surface area (Å²) in [5.74, 6) is 5.10. The third-order valence-electron chi connectivity index (χ3n) is 13.9. The first-order valence-corrected chi connectivity index (χ1v) is 16.8. The minimum Gasteiger partial charge on any atom is -0.352 e. The lowest BCUT2D eigenvalue weighted by Gasteiger charge is -2.69. The van der Waals surface area contributed by atoms with E-state index in [9.17, 15) is 4.79 Å². The van der Waals surface area contributed by atoms with Crippen molar-refractivity contribution in [3.05, 3.63) is 35.9 Å². The van der Waals surface area contributed by atoms with Crippen LogP contribution >= 0.6 is 0 Å². The van der Waals surface area contributed by atoms with E-state index in [1.54, 1.807) is 0 Å². The Labute approximate surface area is 240 Å². The molecule has 1 amide bonds. The van der Waals surface area contributed by atoms with E-state index in [0.29, 0.717) is 27.6 Å². The lowest BCUT2D eigenvalue weighted by Crippen LogP contribution is -2.62. The number of carbonyl (C=O) groups is 1. The van der Waals surface area contributed by atoms with E-state index < -0.39 is 0 Å². The number of nitrogens with one attached hydrogen (secondary N) is 1. The highest BCUT2D eigenvalue weighted by molar-refractivity contribution is 5.94. The molecular formula is C37H59NO. The van der Waals surface area contributed by atoms with Crippen molar-refractivity contribution in [3.8, 4) is 0 Å². The van der Waals surface area contributed by atoms with Gasteiger partial charge in [-0.1, -0.05) is 85.9 Å². The molecule has 0 radical (unpaired) electrons. The minimum absolute atomic E-state index is 0.0600. The summed E-state index contributed by atoms with van der Waals surface area (Å²) in [5, 5.41) is 3.15. The third kappa shape index (κ3) is 5.03. The Balaban J connectivity index is 1.16. The van der Waals surface area contributed by atoms with Crippen LogP contribution in [0.15, 0.2) is 30.3 Å². The van der Waals surface area contributed by atoms with Crippen LogP contribution in [0.1, 0.15) is 136 Å². The summed E-state index contributed by atoms with van der Waals surface area (Å²) in [7, 11) is 0. The maximum absolute atomic E-state index is 12.4. The van der Waals surface area contributed by atoms with Crippen molar-refractivity contribution < 1.29 is 4.79 Å². The number of rotatable bonds is 8. The van der Waals surface area contributed by atoms with Crippen molar-refractivity contribution >= 4 is 5.91 Å². The predicted molar refractivity (Wildman–Crippen MR) is 165 cm³/mol. The van der Waals surface area contributed by atoms with Gasteiger partial charge in [0.2, 0.25) is 0 Å². The normalized spacial score (nSPS) is 40.6. The lowest BCUT2D eigenvalue weighted by atomic mass is 9.35. The fourth-order valence-corrected chi connectivity index (χ4v) is 11.6. The van der Waals surface area contributed by atoms with Crippen LogP contribution in [0.3, 0.4) is 0 Å². The highest BCUT2D eigenvalue weighted by Crippen LogP contribution is 2.75. The van der Waals surface area contributed by atoms with Crippen molar-refractivity contribution in [2.75, 3.05) is 6.54 Å². The SMILES string of the molecule is CC(CCC[C@@H](C)[C@H]1CC[C@]2(C)[C@@H]1CC[C@@H]1[C@@]3(C)CCCC(C)(C)[C@@H]3CC[C@]12C)CNC(=O)c1ccccc1. The van der Waals surface area contributed by atoms with Gasteiger partial charge in [0.25, 0.3) is 5.91 Å². The molecule has 4 fully saturated rings. The Hall–Kier alpha value is -1.31. The molecule has 1 aromatic carbocycles. The van der Waals surface area contributed by atoms with Gasteiger partial charge in [0.05, 0.1) is 0 Å². The van der Waals surface area contributed by atoms with Crippen molar-refractivity contribution in [1.82, 2.24) is 5.32 Å². The topological polar surface area (TPSA) is 29.1 Å². The molecule has 2 heteroatoms. The second-order valence-corrected chi connectivity index (χ2v) is 16.3. The Morgan fingerprint density at radius 2 is 1.56 bits per heavy atom. The van der Waals surface area contributed by atoms with E-state index >= 15 is 0 Å². The molecule has 1 aromatic rings. The van der Waals surface area contributed by atoms with Crippen LogP contribution < -0.4 is 5.32 Å². The summed E-state index contributed by atoms with van der Waals surface area (Å²) >= 11 is 0. The Kier molecular flexibility index (Phi) is 8.11. The van der Waals surface area contributed by atoms with Gasteiger partial charge in [-0.15, -0.1) is 0 Å². The first kappa shape index (κ1) is 29.2. The predicted octanol–water partition coefficient (Wildman–Crippen LogP) is 9.93. The second kappa shape index (κ2) is 10.8. The van der Waals surface area contributed by atoms with E-state index in [-0.39, 0.29) is 5.91 Å². The van der Waals surface area contributed by atoms with Gasteiger partial charge in [-0.05, 0) is 127 Å². The molecule has 2 nitrogen and oxygen atoms in total. The molecule has 0 aromatic heterocycles. The molecule has 4 aliphatic rings. The molecule has 1 unspecified atom stereocenters. The summed E-state index contributed by atoms with van der Waals surface area (Å²) in [6.45, 7) is 19.1. The van der Waals surface area contributed by atoms with Gasteiger partial charge in [-0.3, -0.25) is 4.79 Å². The average Bonchev–Trinajstić information content (AvgIpc) is 3.25. The molecule has 0 saturated heterocycles. The van der Waals surface area contributed by atoms with E-state index in [1.807, 2.05) is 30.3 Å². The Bertz CT molecular complexity index is 1000. The van der Waals surface area contributed by atoms with E-state index in [1.165, 1.54) is 77.0 Å². The maximum Gasteiger partial charge on any atom is 0.251 e. The van der Waals surface area contributed by atoms with Crippen LogP contribution in [0, 0.1) is 57.2 Å². The van der Waals surface area contributed by atoms with Crippen LogP contribution in [0.25, 0.3) is 0 Å². The van der Waals surface area contributed by atoms with Gasteiger partial charge in [-0.2, -0.15) is 0 Å². The van der Waals surface area contributed by atoms with E-state index in [2.05, 4.69) is 53.8 Å². The van der Waals surface area contributed by atoms with Gasteiger partial charge in [0.1, 0.15) is 0 Å². The van der Waals surface area contributed by atoms with E-state index in [0.717, 1.165) is 41.7 Å². The van der Waals surface area contributed by atoms with Crippen LogP contribution in [-0.4, -0.2) is 12.5 Å². The second-order valence-electron chi connectivity index (χ2n) is 16.3. The number of amides is 1. The molecule has 9 atom stereocenters. The summed E-state index contributed by atoms with van der Waals surface area (Å²) in [6, 6.07) is 9.62. The van der Waals surface area contributed by atoms with Crippen molar-refractivity contribution in [2.45, 2.75) is 126 Å². The monoisotopic (exact) mass is 533 g/mol. The highest BCUT2D eigenvalue weighted by atomic mass is 16.1. The molecule has 4 aliphatic carbocycles. The quantitative estimate of drug-likeness (QED) is 0.354. The summed E-state index contributed by atoms with van der Waals surface area (Å²) in [5.41, 5.74) is 2.90. The number of hydrogen-bond donors (Lipinski definition) is 1. The largest absolute Gasteiger partial charge is 0.352 e. The first-order chi connectivity index (χ1) is 18.4. The van der Waals surface area contributed by atoms with Gasteiger partial charge >= 0.3 is 0 Å². The highest BCUT2D eigenvalue weighted by Gasteiger charge is 2.67. The van der Waals surface area contributed by atoms with Crippen LogP contribution in [0.5, 0.6) is 0 Å². The van der Waals surface area contributed by atoms with E-state index in [4.69, 9.17) is 0 Å².